The van der Waals surface area contributed by atoms with Gasteiger partial charge in [0, 0.05) is 26.3 Å². The second kappa shape index (κ2) is 8.27. The zero-order valence-electron chi connectivity index (χ0n) is 12.0. The molecule has 0 aliphatic heterocycles. The molecule has 0 unspecified atom stereocenters. The van der Waals surface area contributed by atoms with E-state index in [1.165, 1.54) is 5.56 Å². The van der Waals surface area contributed by atoms with Gasteiger partial charge in [0.15, 0.2) is 5.96 Å². The summed E-state index contributed by atoms with van der Waals surface area (Å²) in [7, 11) is 1.77. The van der Waals surface area contributed by atoms with E-state index in [2.05, 4.69) is 32.7 Å². The van der Waals surface area contributed by atoms with Gasteiger partial charge in [-0.2, -0.15) is 0 Å². The summed E-state index contributed by atoms with van der Waals surface area (Å²) < 4.78 is 0. The highest BCUT2D eigenvalue weighted by Crippen LogP contribution is 2.05. The molecule has 21 heavy (non-hydrogen) atoms. The smallest absolute Gasteiger partial charge is 0.191 e. The van der Waals surface area contributed by atoms with Crippen LogP contribution in [0.1, 0.15) is 11.1 Å². The fourth-order valence-corrected chi connectivity index (χ4v) is 1.99. The second-order valence-electron chi connectivity index (χ2n) is 4.58. The Balaban J connectivity index is 1.74. The molecule has 4 nitrogen and oxygen atoms in total. The largest absolute Gasteiger partial charge is 0.356 e. The van der Waals surface area contributed by atoms with Crippen LogP contribution in [0.15, 0.2) is 53.7 Å². The molecule has 110 valence electrons. The number of rotatable bonds is 5. The van der Waals surface area contributed by atoms with Crippen molar-refractivity contribution in [1.82, 2.24) is 15.6 Å². The molecule has 2 rings (SSSR count). The van der Waals surface area contributed by atoms with E-state index in [1.54, 1.807) is 19.3 Å². The fourth-order valence-electron chi connectivity index (χ4n) is 1.88. The number of nitrogens with one attached hydrogen (secondary N) is 2. The lowest BCUT2D eigenvalue weighted by atomic mass is 10.2. The highest BCUT2D eigenvalue weighted by atomic mass is 35.5. The lowest BCUT2D eigenvalue weighted by molar-refractivity contribution is 0.793. The van der Waals surface area contributed by atoms with Crippen LogP contribution in [0.2, 0.25) is 5.15 Å². The van der Waals surface area contributed by atoms with Crippen LogP contribution in [-0.2, 0) is 13.0 Å². The topological polar surface area (TPSA) is 49.3 Å². The zero-order chi connectivity index (χ0) is 14.9. The van der Waals surface area contributed by atoms with Gasteiger partial charge < -0.3 is 10.6 Å². The molecule has 0 spiro atoms. The van der Waals surface area contributed by atoms with Crippen molar-refractivity contribution in [2.24, 2.45) is 4.99 Å². The summed E-state index contributed by atoms with van der Waals surface area (Å²) in [5, 5.41) is 7.08. The van der Waals surface area contributed by atoms with Crippen molar-refractivity contribution >= 4 is 17.6 Å². The minimum Gasteiger partial charge on any atom is -0.356 e. The summed E-state index contributed by atoms with van der Waals surface area (Å²) in [5.74, 6) is 0.792. The number of hydrogen-bond donors (Lipinski definition) is 2. The number of aromatic nitrogens is 1. The average Bonchev–Trinajstić information content (AvgIpc) is 2.53. The average molecular weight is 303 g/mol. The molecule has 0 aliphatic carbocycles. The van der Waals surface area contributed by atoms with Crippen molar-refractivity contribution in [1.29, 1.82) is 0 Å². The molecule has 0 atom stereocenters. The quantitative estimate of drug-likeness (QED) is 0.507. The molecule has 0 radical (unpaired) electrons. The van der Waals surface area contributed by atoms with Crippen LogP contribution in [0, 0.1) is 0 Å². The van der Waals surface area contributed by atoms with Gasteiger partial charge in [0.25, 0.3) is 0 Å². The zero-order valence-corrected chi connectivity index (χ0v) is 12.8. The molecule has 5 heteroatoms. The summed E-state index contributed by atoms with van der Waals surface area (Å²) in [6.45, 7) is 1.54. The summed E-state index contributed by atoms with van der Waals surface area (Å²) in [4.78, 5) is 8.27. The summed E-state index contributed by atoms with van der Waals surface area (Å²) >= 11 is 5.76. The van der Waals surface area contributed by atoms with Crippen molar-refractivity contribution in [2.75, 3.05) is 13.6 Å². The first kappa shape index (κ1) is 15.3. The predicted molar refractivity (Wildman–Crippen MR) is 87.6 cm³/mol. The molecule has 2 aromatic rings. The summed E-state index contributed by atoms with van der Waals surface area (Å²) in [6.07, 6.45) is 2.67. The van der Waals surface area contributed by atoms with Crippen molar-refractivity contribution in [3.63, 3.8) is 0 Å². The molecule has 0 amide bonds. The summed E-state index contributed by atoms with van der Waals surface area (Å²) in [5.41, 5.74) is 2.37. The first-order valence-corrected chi connectivity index (χ1v) is 7.24. The van der Waals surface area contributed by atoms with E-state index in [9.17, 15) is 0 Å². The number of pyridine rings is 1. The van der Waals surface area contributed by atoms with Crippen LogP contribution in [0.4, 0.5) is 0 Å². The Kier molecular flexibility index (Phi) is 6.03. The van der Waals surface area contributed by atoms with Gasteiger partial charge in [0.1, 0.15) is 5.15 Å². The van der Waals surface area contributed by atoms with E-state index in [4.69, 9.17) is 11.6 Å². The van der Waals surface area contributed by atoms with Crippen LogP contribution in [0.5, 0.6) is 0 Å². The van der Waals surface area contributed by atoms with Gasteiger partial charge in [-0.1, -0.05) is 48.0 Å². The Morgan fingerprint density at radius 2 is 1.90 bits per heavy atom. The third kappa shape index (κ3) is 5.44. The third-order valence-corrected chi connectivity index (χ3v) is 3.24. The van der Waals surface area contributed by atoms with E-state index in [0.717, 1.165) is 31.0 Å². The monoisotopic (exact) mass is 302 g/mol. The molecular weight excluding hydrogens is 284 g/mol. The van der Waals surface area contributed by atoms with Gasteiger partial charge in [0.2, 0.25) is 0 Å². The van der Waals surface area contributed by atoms with Crippen LogP contribution < -0.4 is 10.6 Å². The molecule has 0 saturated carbocycles. The van der Waals surface area contributed by atoms with Gasteiger partial charge in [-0.15, -0.1) is 0 Å². The number of nitrogens with zero attached hydrogens (tertiary/aromatic N) is 2. The van der Waals surface area contributed by atoms with Gasteiger partial charge in [0.05, 0.1) is 0 Å². The first-order valence-electron chi connectivity index (χ1n) is 6.87. The van der Waals surface area contributed by atoms with E-state index in [0.29, 0.717) is 5.15 Å². The Morgan fingerprint density at radius 3 is 2.57 bits per heavy atom. The Morgan fingerprint density at radius 1 is 1.10 bits per heavy atom. The van der Waals surface area contributed by atoms with Crippen molar-refractivity contribution in [3.8, 4) is 0 Å². The first-order chi connectivity index (χ1) is 10.3. The molecule has 1 heterocycles. The predicted octanol–water partition coefficient (Wildman–Crippen LogP) is 2.64. The van der Waals surface area contributed by atoms with E-state index < -0.39 is 0 Å². The van der Waals surface area contributed by atoms with Crippen molar-refractivity contribution < 1.29 is 0 Å². The van der Waals surface area contributed by atoms with Crippen molar-refractivity contribution in [2.45, 2.75) is 13.0 Å². The molecule has 1 aromatic carbocycles. The van der Waals surface area contributed by atoms with Gasteiger partial charge >= 0.3 is 0 Å². The molecule has 0 fully saturated rings. The number of halogens is 1. The summed E-state index contributed by atoms with van der Waals surface area (Å²) in [6, 6.07) is 14.0. The number of hydrogen-bond acceptors (Lipinski definition) is 2. The minimum absolute atomic E-state index is 0.520. The molecule has 2 N–H and O–H groups in total. The maximum Gasteiger partial charge on any atom is 0.191 e. The fraction of sp³-hybridized carbons (Fsp3) is 0.250. The van der Waals surface area contributed by atoms with E-state index in [1.807, 2.05) is 24.3 Å². The number of benzene rings is 1. The molecule has 0 saturated heterocycles. The van der Waals surface area contributed by atoms with Gasteiger partial charge in [-0.05, 0) is 23.6 Å². The van der Waals surface area contributed by atoms with Gasteiger partial charge in [-0.3, -0.25) is 4.99 Å². The number of guanidine groups is 1. The van der Waals surface area contributed by atoms with Crippen LogP contribution in [0.25, 0.3) is 0 Å². The highest BCUT2D eigenvalue weighted by molar-refractivity contribution is 6.29. The van der Waals surface area contributed by atoms with Crippen LogP contribution in [-0.4, -0.2) is 24.5 Å². The molecule has 1 aromatic heterocycles. The van der Waals surface area contributed by atoms with E-state index in [-0.39, 0.29) is 0 Å². The highest BCUT2D eigenvalue weighted by Gasteiger charge is 1.99. The normalized spacial score (nSPS) is 11.2. The Bertz CT molecular complexity index is 567. The standard InChI is InChI=1S/C16H19ClN4/c1-18-16(21-12-13-5-3-2-4-6-13)19-10-9-14-7-8-15(17)20-11-14/h2-8,11H,9-10,12H2,1H3,(H2,18,19,21). The minimum atomic E-state index is 0.520. The van der Waals surface area contributed by atoms with Crippen LogP contribution >= 0.6 is 11.6 Å². The van der Waals surface area contributed by atoms with Crippen molar-refractivity contribution in [3.05, 3.63) is 64.9 Å². The molecular formula is C16H19ClN4. The van der Waals surface area contributed by atoms with Gasteiger partial charge in [-0.25, -0.2) is 4.98 Å². The van der Waals surface area contributed by atoms with Crippen LogP contribution in [0.3, 0.4) is 0 Å². The maximum atomic E-state index is 5.76. The second-order valence-corrected chi connectivity index (χ2v) is 4.96. The molecule has 0 bridgehead atoms. The maximum absolute atomic E-state index is 5.76. The number of aliphatic imine (C=N–C) groups is 1. The lowest BCUT2D eigenvalue weighted by Crippen LogP contribution is -2.37. The Hall–Kier alpha value is -2.07. The lowest BCUT2D eigenvalue weighted by Gasteiger charge is -2.11. The molecule has 0 aliphatic rings. The Labute approximate surface area is 130 Å². The third-order valence-electron chi connectivity index (χ3n) is 3.02. The van der Waals surface area contributed by atoms with E-state index >= 15 is 0 Å². The SMILES string of the molecule is CN=C(NCCc1ccc(Cl)nc1)NCc1ccccc1.